The Hall–Kier alpha value is -1.13. The molecule has 3 nitrogen and oxygen atoms in total. The number of rotatable bonds is 4. The first kappa shape index (κ1) is 12.3. The lowest BCUT2D eigenvalue weighted by Crippen LogP contribution is -2.27. The summed E-state index contributed by atoms with van der Waals surface area (Å²) in [5, 5.41) is 12.8. The number of hydrogen-bond donors (Lipinski definition) is 2. The van der Waals surface area contributed by atoms with E-state index in [1.165, 1.54) is 6.07 Å². The SMILES string of the molecule is Oc1c(F)cccc1CNCC1CCOCC1. The second-order valence-corrected chi connectivity index (χ2v) is 4.43. The van der Waals surface area contributed by atoms with Gasteiger partial charge in [0.25, 0.3) is 0 Å². The van der Waals surface area contributed by atoms with Crippen LogP contribution >= 0.6 is 0 Å². The molecule has 4 heteroatoms. The fourth-order valence-corrected chi connectivity index (χ4v) is 2.06. The van der Waals surface area contributed by atoms with Gasteiger partial charge in [0.15, 0.2) is 11.6 Å². The highest BCUT2D eigenvalue weighted by atomic mass is 19.1. The van der Waals surface area contributed by atoms with Crippen molar-refractivity contribution in [3.63, 3.8) is 0 Å². The van der Waals surface area contributed by atoms with Gasteiger partial charge in [-0.1, -0.05) is 12.1 Å². The molecule has 1 saturated heterocycles. The molecule has 0 amide bonds. The molecule has 0 spiro atoms. The van der Waals surface area contributed by atoms with Gasteiger partial charge in [0.1, 0.15) is 0 Å². The van der Waals surface area contributed by atoms with Gasteiger partial charge in [-0.15, -0.1) is 0 Å². The van der Waals surface area contributed by atoms with Crippen molar-refractivity contribution in [2.45, 2.75) is 19.4 Å². The topological polar surface area (TPSA) is 41.5 Å². The average Bonchev–Trinajstić information content (AvgIpc) is 2.36. The first-order valence-corrected chi connectivity index (χ1v) is 6.02. The summed E-state index contributed by atoms with van der Waals surface area (Å²) in [6.07, 6.45) is 2.14. The largest absolute Gasteiger partial charge is 0.505 e. The molecule has 1 aromatic rings. The third-order valence-electron chi connectivity index (χ3n) is 3.16. The van der Waals surface area contributed by atoms with Crippen molar-refractivity contribution in [2.24, 2.45) is 5.92 Å². The molecule has 1 aromatic carbocycles. The Morgan fingerprint density at radius 2 is 2.12 bits per heavy atom. The van der Waals surface area contributed by atoms with Crippen LogP contribution in [-0.2, 0) is 11.3 Å². The summed E-state index contributed by atoms with van der Waals surface area (Å²) >= 11 is 0. The van der Waals surface area contributed by atoms with Crippen molar-refractivity contribution in [1.82, 2.24) is 5.32 Å². The highest BCUT2D eigenvalue weighted by Gasteiger charge is 2.13. The molecule has 17 heavy (non-hydrogen) atoms. The Bertz CT molecular complexity index is 364. The summed E-state index contributed by atoms with van der Waals surface area (Å²) in [5.74, 6) is -0.179. The maximum Gasteiger partial charge on any atom is 0.165 e. The smallest absolute Gasteiger partial charge is 0.165 e. The Balaban J connectivity index is 1.79. The molecular formula is C13H18FNO2. The van der Waals surface area contributed by atoms with E-state index in [0.29, 0.717) is 18.0 Å². The molecule has 0 bridgehead atoms. The zero-order valence-electron chi connectivity index (χ0n) is 9.79. The second kappa shape index (κ2) is 5.98. The van der Waals surface area contributed by atoms with Crippen LogP contribution in [0.2, 0.25) is 0 Å². The highest BCUT2D eigenvalue weighted by molar-refractivity contribution is 5.33. The van der Waals surface area contributed by atoms with E-state index < -0.39 is 5.82 Å². The zero-order valence-corrected chi connectivity index (χ0v) is 9.79. The van der Waals surface area contributed by atoms with E-state index in [0.717, 1.165) is 32.6 Å². The number of para-hydroxylation sites is 1. The van der Waals surface area contributed by atoms with Crippen LogP contribution in [0.1, 0.15) is 18.4 Å². The molecule has 1 aliphatic heterocycles. The summed E-state index contributed by atoms with van der Waals surface area (Å²) in [6.45, 7) is 3.05. The summed E-state index contributed by atoms with van der Waals surface area (Å²) in [6, 6.07) is 4.60. The predicted molar refractivity (Wildman–Crippen MR) is 63.3 cm³/mol. The second-order valence-electron chi connectivity index (χ2n) is 4.43. The molecule has 0 aliphatic carbocycles. The van der Waals surface area contributed by atoms with Gasteiger partial charge in [0, 0.05) is 25.3 Å². The normalized spacial score (nSPS) is 17.2. The first-order valence-electron chi connectivity index (χ1n) is 6.02. The lowest BCUT2D eigenvalue weighted by Gasteiger charge is -2.22. The number of nitrogens with one attached hydrogen (secondary N) is 1. The molecule has 2 rings (SSSR count). The monoisotopic (exact) mass is 239 g/mol. The molecule has 0 atom stereocenters. The average molecular weight is 239 g/mol. The van der Waals surface area contributed by atoms with Crippen LogP contribution in [0, 0.1) is 11.7 Å². The summed E-state index contributed by atoms with van der Waals surface area (Å²) in [5.41, 5.74) is 0.608. The van der Waals surface area contributed by atoms with E-state index in [1.54, 1.807) is 12.1 Å². The van der Waals surface area contributed by atoms with Crippen LogP contribution in [0.4, 0.5) is 4.39 Å². The standard InChI is InChI=1S/C13H18FNO2/c14-12-3-1-2-11(13(12)16)9-15-8-10-4-6-17-7-5-10/h1-3,10,15-16H,4-9H2. The van der Waals surface area contributed by atoms with E-state index in [2.05, 4.69) is 5.32 Å². The van der Waals surface area contributed by atoms with Crippen molar-refractivity contribution >= 4 is 0 Å². The van der Waals surface area contributed by atoms with Crippen LogP contribution in [0.5, 0.6) is 5.75 Å². The van der Waals surface area contributed by atoms with Gasteiger partial charge in [0.2, 0.25) is 0 Å². The molecule has 0 saturated carbocycles. The van der Waals surface area contributed by atoms with Crippen molar-refractivity contribution in [3.8, 4) is 5.75 Å². The van der Waals surface area contributed by atoms with Gasteiger partial charge in [-0.2, -0.15) is 0 Å². The van der Waals surface area contributed by atoms with E-state index in [-0.39, 0.29) is 5.75 Å². The minimum atomic E-state index is -0.560. The van der Waals surface area contributed by atoms with Gasteiger partial charge < -0.3 is 15.2 Å². The number of benzene rings is 1. The number of phenols is 1. The quantitative estimate of drug-likeness (QED) is 0.845. The molecule has 0 radical (unpaired) electrons. The van der Waals surface area contributed by atoms with E-state index in [1.807, 2.05) is 0 Å². The van der Waals surface area contributed by atoms with Gasteiger partial charge in [0.05, 0.1) is 0 Å². The molecule has 2 N–H and O–H groups in total. The van der Waals surface area contributed by atoms with Gasteiger partial charge in [-0.05, 0) is 31.4 Å². The van der Waals surface area contributed by atoms with Crippen LogP contribution in [0.15, 0.2) is 18.2 Å². The third kappa shape index (κ3) is 3.41. The van der Waals surface area contributed by atoms with E-state index in [4.69, 9.17) is 4.74 Å². The highest BCUT2D eigenvalue weighted by Crippen LogP contribution is 2.20. The van der Waals surface area contributed by atoms with Gasteiger partial charge in [-0.3, -0.25) is 0 Å². The Morgan fingerprint density at radius 1 is 1.35 bits per heavy atom. The Kier molecular flexibility index (Phi) is 4.34. The minimum absolute atomic E-state index is 0.244. The van der Waals surface area contributed by atoms with Crippen molar-refractivity contribution in [2.75, 3.05) is 19.8 Å². The fraction of sp³-hybridized carbons (Fsp3) is 0.538. The van der Waals surface area contributed by atoms with Crippen molar-refractivity contribution in [3.05, 3.63) is 29.6 Å². The van der Waals surface area contributed by atoms with Crippen LogP contribution in [0.3, 0.4) is 0 Å². The zero-order chi connectivity index (χ0) is 12.1. The van der Waals surface area contributed by atoms with E-state index in [9.17, 15) is 9.50 Å². The lowest BCUT2D eigenvalue weighted by molar-refractivity contribution is 0.0662. The predicted octanol–water partition coefficient (Wildman–Crippen LogP) is 2.05. The molecule has 1 fully saturated rings. The maximum absolute atomic E-state index is 13.1. The van der Waals surface area contributed by atoms with E-state index >= 15 is 0 Å². The third-order valence-corrected chi connectivity index (χ3v) is 3.16. The van der Waals surface area contributed by atoms with Gasteiger partial charge >= 0.3 is 0 Å². The van der Waals surface area contributed by atoms with Crippen LogP contribution in [-0.4, -0.2) is 24.9 Å². The molecule has 1 heterocycles. The fourth-order valence-electron chi connectivity index (χ4n) is 2.06. The minimum Gasteiger partial charge on any atom is -0.505 e. The molecule has 94 valence electrons. The number of halogens is 1. The number of ether oxygens (including phenoxy) is 1. The maximum atomic E-state index is 13.1. The van der Waals surface area contributed by atoms with Crippen molar-refractivity contribution in [1.29, 1.82) is 0 Å². The molecule has 1 aliphatic rings. The van der Waals surface area contributed by atoms with Gasteiger partial charge in [-0.25, -0.2) is 4.39 Å². The Labute approximate surface area is 101 Å². The number of aromatic hydroxyl groups is 1. The summed E-state index contributed by atoms with van der Waals surface area (Å²) in [4.78, 5) is 0. The van der Waals surface area contributed by atoms with Crippen molar-refractivity contribution < 1.29 is 14.2 Å². The number of hydrogen-bond acceptors (Lipinski definition) is 3. The molecule has 0 aromatic heterocycles. The number of phenolic OH excluding ortho intramolecular Hbond substituents is 1. The lowest BCUT2D eigenvalue weighted by atomic mass is 10.0. The van der Waals surface area contributed by atoms with Crippen LogP contribution < -0.4 is 5.32 Å². The Morgan fingerprint density at radius 3 is 2.88 bits per heavy atom. The molecule has 0 unspecified atom stereocenters. The summed E-state index contributed by atoms with van der Waals surface area (Å²) < 4.78 is 18.3. The summed E-state index contributed by atoms with van der Waals surface area (Å²) in [7, 11) is 0. The molecular weight excluding hydrogens is 221 g/mol. The van der Waals surface area contributed by atoms with Crippen LogP contribution in [0.25, 0.3) is 0 Å². The first-order chi connectivity index (χ1) is 8.27.